The Hall–Kier alpha value is -1.06. The smallest absolute Gasteiger partial charge is 0.0940 e. The molecule has 0 aliphatic carbocycles. The fourth-order valence-electron chi connectivity index (χ4n) is 1.16. The molecule has 0 saturated carbocycles. The van der Waals surface area contributed by atoms with E-state index in [0.717, 1.165) is 12.0 Å². The lowest BCUT2D eigenvalue weighted by atomic mass is 10.0. The topological polar surface area (TPSA) is 72.3 Å². The lowest BCUT2D eigenvalue weighted by Gasteiger charge is -2.17. The van der Waals surface area contributed by atoms with Gasteiger partial charge in [0.05, 0.1) is 6.10 Å². The number of aliphatic hydroxyl groups excluding tert-OH is 1. The van der Waals surface area contributed by atoms with Gasteiger partial charge in [-0.1, -0.05) is 19.1 Å². The molecule has 0 fully saturated rings. The van der Waals surface area contributed by atoms with Crippen LogP contribution in [0.5, 0.6) is 0 Å². The molecule has 0 radical (unpaired) electrons. The number of hydrogen-bond donors (Lipinski definition) is 3. The summed E-state index contributed by atoms with van der Waals surface area (Å²) in [6, 6.07) is 6.93. The second-order valence-electron chi connectivity index (χ2n) is 3.18. The molecule has 72 valence electrons. The van der Waals surface area contributed by atoms with Crippen LogP contribution in [0.15, 0.2) is 24.3 Å². The molecule has 0 heterocycles. The number of nitrogen functional groups attached to an aromatic ring is 1. The predicted octanol–water partition coefficient (Wildman–Crippen LogP) is 1.04. The zero-order chi connectivity index (χ0) is 9.84. The van der Waals surface area contributed by atoms with Crippen molar-refractivity contribution in [2.45, 2.75) is 25.5 Å². The molecule has 13 heavy (non-hydrogen) atoms. The number of hydrogen-bond acceptors (Lipinski definition) is 3. The van der Waals surface area contributed by atoms with Gasteiger partial charge >= 0.3 is 0 Å². The molecule has 1 aromatic rings. The van der Waals surface area contributed by atoms with Gasteiger partial charge in [-0.3, -0.25) is 0 Å². The highest BCUT2D eigenvalue weighted by atomic mass is 16.3. The molecular weight excluding hydrogens is 164 g/mol. The largest absolute Gasteiger partial charge is 0.399 e. The molecule has 2 atom stereocenters. The normalized spacial score (nSPS) is 15.3. The maximum Gasteiger partial charge on any atom is 0.0940 e. The molecule has 0 unspecified atom stereocenters. The Morgan fingerprint density at radius 3 is 2.31 bits per heavy atom. The zero-order valence-corrected chi connectivity index (χ0v) is 7.77. The van der Waals surface area contributed by atoms with E-state index in [-0.39, 0.29) is 6.04 Å². The lowest BCUT2D eigenvalue weighted by molar-refractivity contribution is 0.144. The summed E-state index contributed by atoms with van der Waals surface area (Å²) in [7, 11) is 0. The Morgan fingerprint density at radius 1 is 1.31 bits per heavy atom. The van der Waals surface area contributed by atoms with E-state index in [1.807, 2.05) is 6.92 Å². The van der Waals surface area contributed by atoms with Crippen LogP contribution >= 0.6 is 0 Å². The van der Waals surface area contributed by atoms with Crippen molar-refractivity contribution in [3.8, 4) is 0 Å². The standard InChI is InChI=1S/C10H16N2O/c1-2-9(12)10(13)7-3-5-8(11)6-4-7/h3-6,9-10,13H,2,11-12H2,1H3/t9-,10+/m1/s1. The number of aliphatic hydroxyl groups is 1. The number of benzene rings is 1. The van der Waals surface area contributed by atoms with E-state index < -0.39 is 6.10 Å². The molecule has 0 bridgehead atoms. The summed E-state index contributed by atoms with van der Waals surface area (Å²) in [5.41, 5.74) is 12.7. The average molecular weight is 180 g/mol. The molecule has 1 aromatic carbocycles. The second kappa shape index (κ2) is 4.25. The second-order valence-corrected chi connectivity index (χ2v) is 3.18. The van der Waals surface area contributed by atoms with Gasteiger partial charge in [0.15, 0.2) is 0 Å². The van der Waals surface area contributed by atoms with Crippen molar-refractivity contribution in [3.63, 3.8) is 0 Å². The SMILES string of the molecule is CC[C@@H](N)[C@@H](O)c1ccc(N)cc1. The quantitative estimate of drug-likeness (QED) is 0.608. The molecule has 0 spiro atoms. The molecule has 1 rings (SSSR count). The molecule has 0 aliphatic rings. The van der Waals surface area contributed by atoms with Crippen LogP contribution in [0.4, 0.5) is 5.69 Å². The summed E-state index contributed by atoms with van der Waals surface area (Å²) < 4.78 is 0. The summed E-state index contributed by atoms with van der Waals surface area (Å²) >= 11 is 0. The van der Waals surface area contributed by atoms with E-state index in [1.54, 1.807) is 24.3 Å². The molecule has 3 heteroatoms. The lowest BCUT2D eigenvalue weighted by Crippen LogP contribution is -2.27. The van der Waals surface area contributed by atoms with E-state index in [1.165, 1.54) is 0 Å². The predicted molar refractivity (Wildman–Crippen MR) is 54.1 cm³/mol. The number of rotatable bonds is 3. The highest BCUT2D eigenvalue weighted by molar-refractivity contribution is 5.40. The third-order valence-corrected chi connectivity index (χ3v) is 2.15. The van der Waals surface area contributed by atoms with Crippen LogP contribution in [0.3, 0.4) is 0 Å². The molecule has 0 saturated heterocycles. The minimum atomic E-state index is -0.592. The van der Waals surface area contributed by atoms with Gasteiger partial charge in [0.2, 0.25) is 0 Å². The third kappa shape index (κ3) is 2.44. The van der Waals surface area contributed by atoms with Crippen molar-refractivity contribution >= 4 is 5.69 Å². The van der Waals surface area contributed by atoms with Crippen molar-refractivity contribution in [3.05, 3.63) is 29.8 Å². The first kappa shape index (κ1) is 10.0. The van der Waals surface area contributed by atoms with Crippen LogP contribution in [-0.2, 0) is 0 Å². The molecule has 0 amide bonds. The first-order chi connectivity index (χ1) is 6.15. The van der Waals surface area contributed by atoms with Gasteiger partial charge in [-0.05, 0) is 24.1 Å². The summed E-state index contributed by atoms with van der Waals surface area (Å²) in [5, 5.41) is 9.71. The van der Waals surface area contributed by atoms with Gasteiger partial charge in [-0.2, -0.15) is 0 Å². The summed E-state index contributed by atoms with van der Waals surface area (Å²) in [6.07, 6.45) is 0.163. The number of nitrogens with two attached hydrogens (primary N) is 2. The van der Waals surface area contributed by atoms with Crippen molar-refractivity contribution in [1.82, 2.24) is 0 Å². The van der Waals surface area contributed by atoms with E-state index in [9.17, 15) is 5.11 Å². The molecule has 0 aliphatic heterocycles. The maximum atomic E-state index is 9.71. The molecule has 3 nitrogen and oxygen atoms in total. The van der Waals surface area contributed by atoms with E-state index in [0.29, 0.717) is 5.69 Å². The molecule has 0 aromatic heterocycles. The first-order valence-corrected chi connectivity index (χ1v) is 4.44. The van der Waals surface area contributed by atoms with Gasteiger partial charge in [0.1, 0.15) is 0 Å². The Kier molecular flexibility index (Phi) is 3.28. The summed E-state index contributed by atoms with van der Waals surface area (Å²) in [4.78, 5) is 0. The van der Waals surface area contributed by atoms with Crippen molar-refractivity contribution in [2.24, 2.45) is 5.73 Å². The average Bonchev–Trinajstić information content (AvgIpc) is 2.17. The zero-order valence-electron chi connectivity index (χ0n) is 7.77. The highest BCUT2D eigenvalue weighted by Gasteiger charge is 2.14. The van der Waals surface area contributed by atoms with E-state index >= 15 is 0 Å². The van der Waals surface area contributed by atoms with Crippen LogP contribution in [0.25, 0.3) is 0 Å². The van der Waals surface area contributed by atoms with Crippen LogP contribution in [0.1, 0.15) is 25.0 Å². The fraction of sp³-hybridized carbons (Fsp3) is 0.400. The van der Waals surface area contributed by atoms with Gasteiger partial charge < -0.3 is 16.6 Å². The Balaban J connectivity index is 2.77. The van der Waals surface area contributed by atoms with Crippen molar-refractivity contribution < 1.29 is 5.11 Å². The summed E-state index contributed by atoms with van der Waals surface area (Å²) in [5.74, 6) is 0. The maximum absolute atomic E-state index is 9.71. The van der Waals surface area contributed by atoms with Crippen LogP contribution in [0.2, 0.25) is 0 Å². The van der Waals surface area contributed by atoms with Crippen LogP contribution in [0, 0.1) is 0 Å². The summed E-state index contributed by atoms with van der Waals surface area (Å²) in [6.45, 7) is 1.95. The molecular formula is C10H16N2O. The van der Waals surface area contributed by atoms with Gasteiger partial charge in [-0.25, -0.2) is 0 Å². The van der Waals surface area contributed by atoms with Gasteiger partial charge in [0, 0.05) is 11.7 Å². The first-order valence-electron chi connectivity index (χ1n) is 4.44. The Morgan fingerprint density at radius 2 is 1.85 bits per heavy atom. The van der Waals surface area contributed by atoms with E-state index in [2.05, 4.69) is 0 Å². The number of anilines is 1. The Bertz CT molecular complexity index is 258. The molecule has 5 N–H and O–H groups in total. The Labute approximate surface area is 78.4 Å². The monoisotopic (exact) mass is 180 g/mol. The van der Waals surface area contributed by atoms with Gasteiger partial charge in [-0.15, -0.1) is 0 Å². The van der Waals surface area contributed by atoms with Crippen molar-refractivity contribution in [1.29, 1.82) is 0 Å². The van der Waals surface area contributed by atoms with Crippen molar-refractivity contribution in [2.75, 3.05) is 5.73 Å². The van der Waals surface area contributed by atoms with Gasteiger partial charge in [0.25, 0.3) is 0 Å². The fourth-order valence-corrected chi connectivity index (χ4v) is 1.16. The minimum Gasteiger partial charge on any atom is -0.399 e. The minimum absolute atomic E-state index is 0.205. The van der Waals surface area contributed by atoms with E-state index in [4.69, 9.17) is 11.5 Å². The third-order valence-electron chi connectivity index (χ3n) is 2.15. The highest BCUT2D eigenvalue weighted by Crippen LogP contribution is 2.18. The van der Waals surface area contributed by atoms with Crippen LogP contribution < -0.4 is 11.5 Å². The van der Waals surface area contributed by atoms with Crippen LogP contribution in [-0.4, -0.2) is 11.1 Å².